The number of aryl methyl sites for hydroxylation is 2. The Kier molecular flexibility index (Phi) is 3.38. The van der Waals surface area contributed by atoms with Crippen LogP contribution in [0.1, 0.15) is 32.9 Å². The zero-order chi connectivity index (χ0) is 10.7. The van der Waals surface area contributed by atoms with E-state index in [0.29, 0.717) is 6.04 Å². The summed E-state index contributed by atoms with van der Waals surface area (Å²) in [6.07, 6.45) is 1.06. The molecule has 0 aliphatic rings. The topological polar surface area (TPSA) is 55.9 Å². The molecule has 0 aliphatic heterocycles. The first-order chi connectivity index (χ1) is 6.56. The van der Waals surface area contributed by atoms with E-state index in [9.17, 15) is 0 Å². The molecule has 0 amide bonds. The number of hydrogen-bond donors (Lipinski definition) is 2. The molecule has 80 valence electrons. The number of rotatable bonds is 4. The smallest absolute Gasteiger partial charge is 0.148 e. The summed E-state index contributed by atoms with van der Waals surface area (Å²) < 4.78 is 1.95. The Hall–Kier alpha value is -1.19. The number of nitrogen functional groups attached to an aromatic ring is 1. The lowest BCUT2D eigenvalue weighted by Gasteiger charge is -2.12. The molecule has 14 heavy (non-hydrogen) atoms. The van der Waals surface area contributed by atoms with Gasteiger partial charge < -0.3 is 11.1 Å². The van der Waals surface area contributed by atoms with Crippen LogP contribution in [0.25, 0.3) is 0 Å². The molecule has 0 bridgehead atoms. The van der Waals surface area contributed by atoms with Crippen molar-refractivity contribution in [2.75, 3.05) is 11.1 Å². The van der Waals surface area contributed by atoms with Crippen LogP contribution in [0.4, 0.5) is 11.5 Å². The van der Waals surface area contributed by atoms with Gasteiger partial charge in [-0.25, -0.2) is 4.68 Å². The van der Waals surface area contributed by atoms with Crippen LogP contribution in [0.5, 0.6) is 0 Å². The van der Waals surface area contributed by atoms with Crippen LogP contribution in [0, 0.1) is 6.92 Å². The number of hydrogen-bond acceptors (Lipinski definition) is 3. The Bertz CT molecular complexity index is 301. The van der Waals surface area contributed by atoms with E-state index in [4.69, 9.17) is 5.73 Å². The Morgan fingerprint density at radius 3 is 2.64 bits per heavy atom. The third-order valence-corrected chi connectivity index (χ3v) is 2.03. The van der Waals surface area contributed by atoms with Crippen molar-refractivity contribution >= 4 is 11.5 Å². The molecule has 1 heterocycles. The highest BCUT2D eigenvalue weighted by Crippen LogP contribution is 2.22. The van der Waals surface area contributed by atoms with Gasteiger partial charge in [-0.3, -0.25) is 0 Å². The summed E-state index contributed by atoms with van der Waals surface area (Å²) in [4.78, 5) is 0. The van der Waals surface area contributed by atoms with Crippen LogP contribution in [-0.4, -0.2) is 15.8 Å². The van der Waals surface area contributed by atoms with Crippen LogP contribution in [0.3, 0.4) is 0 Å². The molecule has 0 aliphatic carbocycles. The highest BCUT2D eigenvalue weighted by molar-refractivity contribution is 5.64. The predicted octanol–water partition coefficient (Wildman–Crippen LogP) is 2.00. The third-order valence-electron chi connectivity index (χ3n) is 2.03. The van der Waals surface area contributed by atoms with E-state index in [2.05, 4.69) is 31.2 Å². The number of nitrogens with two attached hydrogens (primary N) is 1. The van der Waals surface area contributed by atoms with E-state index in [1.54, 1.807) is 0 Å². The molecular weight excluding hydrogens is 176 g/mol. The Morgan fingerprint density at radius 1 is 1.50 bits per heavy atom. The molecule has 0 fully saturated rings. The van der Waals surface area contributed by atoms with Crippen LogP contribution >= 0.6 is 0 Å². The highest BCUT2D eigenvalue weighted by Gasteiger charge is 2.11. The molecule has 0 saturated carbocycles. The van der Waals surface area contributed by atoms with Crippen molar-refractivity contribution in [1.82, 2.24) is 9.78 Å². The first-order valence-corrected chi connectivity index (χ1v) is 5.15. The molecule has 1 aromatic rings. The van der Waals surface area contributed by atoms with E-state index in [-0.39, 0.29) is 0 Å². The zero-order valence-electron chi connectivity index (χ0n) is 9.46. The van der Waals surface area contributed by atoms with Gasteiger partial charge in [0.15, 0.2) is 0 Å². The molecule has 0 saturated heterocycles. The summed E-state index contributed by atoms with van der Waals surface area (Å²) in [5.74, 6) is 0.958. The average Bonchev–Trinajstić information content (AvgIpc) is 2.33. The summed E-state index contributed by atoms with van der Waals surface area (Å²) in [7, 11) is 0. The molecule has 3 N–H and O–H groups in total. The molecule has 4 heteroatoms. The summed E-state index contributed by atoms with van der Waals surface area (Å²) in [5, 5.41) is 7.70. The summed E-state index contributed by atoms with van der Waals surface area (Å²) in [6, 6.07) is 0.379. The van der Waals surface area contributed by atoms with Gasteiger partial charge in [-0.1, -0.05) is 6.92 Å². The minimum atomic E-state index is 0.379. The van der Waals surface area contributed by atoms with Crippen LogP contribution in [-0.2, 0) is 6.54 Å². The molecule has 0 radical (unpaired) electrons. The van der Waals surface area contributed by atoms with Gasteiger partial charge >= 0.3 is 0 Å². The fraction of sp³-hybridized carbons (Fsp3) is 0.700. The average molecular weight is 196 g/mol. The Balaban J connectivity index is 2.97. The normalized spacial score (nSPS) is 10.9. The van der Waals surface area contributed by atoms with Gasteiger partial charge in [0, 0.05) is 12.6 Å². The van der Waals surface area contributed by atoms with Gasteiger partial charge in [0.05, 0.1) is 11.4 Å². The molecule has 0 aromatic carbocycles. The van der Waals surface area contributed by atoms with Crippen molar-refractivity contribution in [2.45, 2.75) is 46.7 Å². The molecule has 0 atom stereocenters. The Labute approximate surface area is 85.5 Å². The standard InChI is InChI=1S/C10H20N4/c1-5-6-14-10(12-7(2)3)9(11)8(4)13-14/h7,12H,5-6,11H2,1-4H3. The van der Waals surface area contributed by atoms with Gasteiger partial charge in [-0.05, 0) is 27.2 Å². The Morgan fingerprint density at radius 2 is 2.14 bits per heavy atom. The highest BCUT2D eigenvalue weighted by atomic mass is 15.3. The lowest BCUT2D eigenvalue weighted by Crippen LogP contribution is -2.15. The number of nitrogens with zero attached hydrogens (tertiary/aromatic N) is 2. The minimum absolute atomic E-state index is 0.379. The summed E-state index contributed by atoms with van der Waals surface area (Å²) in [6.45, 7) is 9.17. The van der Waals surface area contributed by atoms with Crippen molar-refractivity contribution < 1.29 is 0 Å². The van der Waals surface area contributed by atoms with Crippen molar-refractivity contribution in [3.8, 4) is 0 Å². The number of aromatic nitrogens is 2. The van der Waals surface area contributed by atoms with Crippen molar-refractivity contribution in [2.24, 2.45) is 0 Å². The number of nitrogens with one attached hydrogen (secondary N) is 1. The third kappa shape index (κ3) is 2.19. The van der Waals surface area contributed by atoms with E-state index >= 15 is 0 Å². The second kappa shape index (κ2) is 4.35. The van der Waals surface area contributed by atoms with E-state index in [0.717, 1.165) is 30.2 Å². The van der Waals surface area contributed by atoms with Gasteiger partial charge in [0.25, 0.3) is 0 Å². The van der Waals surface area contributed by atoms with Crippen molar-refractivity contribution in [3.63, 3.8) is 0 Å². The van der Waals surface area contributed by atoms with E-state index in [1.807, 2.05) is 11.6 Å². The SMILES string of the molecule is CCCn1nc(C)c(N)c1NC(C)C. The maximum atomic E-state index is 5.94. The monoisotopic (exact) mass is 196 g/mol. The fourth-order valence-corrected chi connectivity index (χ4v) is 1.39. The van der Waals surface area contributed by atoms with Crippen molar-refractivity contribution in [3.05, 3.63) is 5.69 Å². The van der Waals surface area contributed by atoms with Crippen LogP contribution < -0.4 is 11.1 Å². The molecule has 4 nitrogen and oxygen atoms in total. The van der Waals surface area contributed by atoms with E-state index in [1.165, 1.54) is 0 Å². The van der Waals surface area contributed by atoms with Crippen LogP contribution in [0.2, 0.25) is 0 Å². The molecular formula is C10H20N4. The molecule has 1 rings (SSSR count). The number of anilines is 2. The quantitative estimate of drug-likeness (QED) is 0.774. The second-order valence-electron chi connectivity index (χ2n) is 3.87. The predicted molar refractivity (Wildman–Crippen MR) is 60.4 cm³/mol. The maximum Gasteiger partial charge on any atom is 0.148 e. The fourth-order valence-electron chi connectivity index (χ4n) is 1.39. The lowest BCUT2D eigenvalue weighted by molar-refractivity contribution is 0.600. The maximum absolute atomic E-state index is 5.94. The largest absolute Gasteiger partial charge is 0.394 e. The first-order valence-electron chi connectivity index (χ1n) is 5.15. The molecule has 1 aromatic heterocycles. The zero-order valence-corrected chi connectivity index (χ0v) is 9.46. The first kappa shape index (κ1) is 10.9. The summed E-state index contributed by atoms with van der Waals surface area (Å²) in [5.41, 5.74) is 7.61. The molecule has 0 spiro atoms. The second-order valence-corrected chi connectivity index (χ2v) is 3.87. The summed E-state index contributed by atoms with van der Waals surface area (Å²) >= 11 is 0. The van der Waals surface area contributed by atoms with Gasteiger partial charge in [0.1, 0.15) is 5.82 Å². The van der Waals surface area contributed by atoms with Gasteiger partial charge in [0.2, 0.25) is 0 Å². The molecule has 0 unspecified atom stereocenters. The van der Waals surface area contributed by atoms with Crippen LogP contribution in [0.15, 0.2) is 0 Å². The van der Waals surface area contributed by atoms with E-state index < -0.39 is 0 Å². The lowest BCUT2D eigenvalue weighted by atomic mass is 10.3. The van der Waals surface area contributed by atoms with Gasteiger partial charge in [-0.15, -0.1) is 0 Å². The van der Waals surface area contributed by atoms with Gasteiger partial charge in [-0.2, -0.15) is 5.10 Å². The van der Waals surface area contributed by atoms with Crippen molar-refractivity contribution in [1.29, 1.82) is 0 Å². The minimum Gasteiger partial charge on any atom is -0.394 e.